The number of rotatable bonds is 2. The predicted molar refractivity (Wildman–Crippen MR) is 49.5 cm³/mol. The van der Waals surface area contributed by atoms with Crippen LogP contribution in [0.2, 0.25) is 0 Å². The van der Waals surface area contributed by atoms with E-state index in [1.165, 1.54) is 44.5 Å². The quantitative estimate of drug-likeness (QED) is 0.589. The van der Waals surface area contributed by atoms with Gasteiger partial charge in [-0.15, -0.1) is 0 Å². The zero-order valence-corrected chi connectivity index (χ0v) is 7.77. The van der Waals surface area contributed by atoms with Crippen molar-refractivity contribution in [2.24, 2.45) is 0 Å². The van der Waals surface area contributed by atoms with Gasteiger partial charge in [-0.25, -0.2) is 0 Å². The first-order valence-electron chi connectivity index (χ1n) is 4.76. The van der Waals surface area contributed by atoms with E-state index >= 15 is 0 Å². The third-order valence-electron chi connectivity index (χ3n) is 2.35. The van der Waals surface area contributed by atoms with Crippen LogP contribution in [-0.2, 0) is 0 Å². The lowest BCUT2D eigenvalue weighted by molar-refractivity contribution is 0.285. The van der Waals surface area contributed by atoms with Gasteiger partial charge < -0.3 is 4.90 Å². The van der Waals surface area contributed by atoms with Crippen LogP contribution in [0.4, 0.5) is 0 Å². The summed E-state index contributed by atoms with van der Waals surface area (Å²) in [4.78, 5) is 2.51. The maximum Gasteiger partial charge on any atom is 0.0174 e. The number of nitrogens with zero attached hydrogens (tertiary/aromatic N) is 1. The molecule has 64 valence electrons. The van der Waals surface area contributed by atoms with Crippen molar-refractivity contribution in [1.29, 1.82) is 0 Å². The van der Waals surface area contributed by atoms with E-state index in [0.29, 0.717) is 0 Å². The fourth-order valence-corrected chi connectivity index (χ4v) is 1.67. The molecule has 1 rings (SSSR count). The molecule has 0 spiro atoms. The Morgan fingerprint density at radius 2 is 1.91 bits per heavy atom. The summed E-state index contributed by atoms with van der Waals surface area (Å²) in [5.41, 5.74) is 1.48. The van der Waals surface area contributed by atoms with Crippen LogP contribution in [-0.4, -0.2) is 18.0 Å². The Bertz CT molecular complexity index is 132. The number of piperidine rings is 1. The summed E-state index contributed by atoms with van der Waals surface area (Å²) in [5.74, 6) is 0. The van der Waals surface area contributed by atoms with Crippen LogP contribution in [0.5, 0.6) is 0 Å². The molecule has 0 aliphatic carbocycles. The summed E-state index contributed by atoms with van der Waals surface area (Å²) < 4.78 is 0. The summed E-state index contributed by atoms with van der Waals surface area (Å²) in [6.07, 6.45) is 7.69. The average Bonchev–Trinajstić information content (AvgIpc) is 2.07. The van der Waals surface area contributed by atoms with Gasteiger partial charge in [-0.2, -0.15) is 0 Å². The average molecular weight is 153 g/mol. The smallest absolute Gasteiger partial charge is 0.0174 e. The lowest BCUT2D eigenvalue weighted by Crippen LogP contribution is -2.27. The van der Waals surface area contributed by atoms with Crippen molar-refractivity contribution in [1.82, 2.24) is 4.90 Å². The molecule has 0 saturated carbocycles. The molecule has 0 bridgehead atoms. The summed E-state index contributed by atoms with van der Waals surface area (Å²) in [5, 5.41) is 0. The molecule has 0 aromatic carbocycles. The first-order valence-corrected chi connectivity index (χ1v) is 4.76. The van der Waals surface area contributed by atoms with Crippen molar-refractivity contribution in [3.05, 3.63) is 11.8 Å². The molecular weight excluding hydrogens is 134 g/mol. The standard InChI is InChI=1S/C10H19N/c1-3-7-10(2)11-8-5-4-6-9-11/h7H,3-6,8-9H2,1-2H3/b10-7+. The highest BCUT2D eigenvalue weighted by molar-refractivity contribution is 4.97. The molecule has 1 nitrogen and oxygen atoms in total. The van der Waals surface area contributed by atoms with E-state index < -0.39 is 0 Å². The van der Waals surface area contributed by atoms with E-state index in [1.807, 2.05) is 0 Å². The van der Waals surface area contributed by atoms with Crippen LogP contribution in [0.15, 0.2) is 11.8 Å². The monoisotopic (exact) mass is 153 g/mol. The first-order chi connectivity index (χ1) is 5.34. The molecule has 1 saturated heterocycles. The molecule has 0 N–H and O–H groups in total. The van der Waals surface area contributed by atoms with Gasteiger partial charge in [-0.05, 0) is 32.6 Å². The zero-order valence-electron chi connectivity index (χ0n) is 7.77. The normalized spacial score (nSPS) is 20.5. The maximum absolute atomic E-state index is 2.51. The fourth-order valence-electron chi connectivity index (χ4n) is 1.67. The van der Waals surface area contributed by atoms with Gasteiger partial charge in [0.05, 0.1) is 0 Å². The molecular formula is C10H19N. The van der Waals surface area contributed by atoms with Crippen molar-refractivity contribution < 1.29 is 0 Å². The van der Waals surface area contributed by atoms with E-state index in [9.17, 15) is 0 Å². The molecule has 0 unspecified atom stereocenters. The van der Waals surface area contributed by atoms with E-state index in [2.05, 4.69) is 24.8 Å². The molecule has 1 aliphatic heterocycles. The Morgan fingerprint density at radius 1 is 1.27 bits per heavy atom. The second-order valence-electron chi connectivity index (χ2n) is 3.30. The SMILES string of the molecule is CC/C=C(\C)N1CCCCC1. The van der Waals surface area contributed by atoms with Crippen molar-refractivity contribution >= 4 is 0 Å². The van der Waals surface area contributed by atoms with Gasteiger partial charge in [0.15, 0.2) is 0 Å². The minimum atomic E-state index is 1.17. The van der Waals surface area contributed by atoms with Crippen LogP contribution < -0.4 is 0 Å². The van der Waals surface area contributed by atoms with Gasteiger partial charge in [0, 0.05) is 18.8 Å². The molecule has 1 heteroatoms. The summed E-state index contributed by atoms with van der Waals surface area (Å²) in [6.45, 7) is 6.99. The van der Waals surface area contributed by atoms with E-state index in [-0.39, 0.29) is 0 Å². The molecule has 11 heavy (non-hydrogen) atoms. The second kappa shape index (κ2) is 4.42. The lowest BCUT2D eigenvalue weighted by atomic mass is 10.1. The second-order valence-corrected chi connectivity index (χ2v) is 3.30. The van der Waals surface area contributed by atoms with Gasteiger partial charge in [-0.3, -0.25) is 0 Å². The molecule has 1 heterocycles. The van der Waals surface area contributed by atoms with Crippen molar-refractivity contribution in [2.45, 2.75) is 39.5 Å². The van der Waals surface area contributed by atoms with E-state index in [1.54, 1.807) is 0 Å². The molecule has 0 atom stereocenters. The lowest BCUT2D eigenvalue weighted by Gasteiger charge is -2.29. The molecule has 1 aliphatic rings. The van der Waals surface area contributed by atoms with Crippen LogP contribution in [0.25, 0.3) is 0 Å². The fraction of sp³-hybridized carbons (Fsp3) is 0.800. The minimum absolute atomic E-state index is 1.17. The highest BCUT2D eigenvalue weighted by Crippen LogP contribution is 2.14. The van der Waals surface area contributed by atoms with Gasteiger partial charge in [-0.1, -0.05) is 13.0 Å². The topological polar surface area (TPSA) is 3.24 Å². The van der Waals surface area contributed by atoms with Gasteiger partial charge >= 0.3 is 0 Å². The number of hydrogen-bond acceptors (Lipinski definition) is 1. The summed E-state index contributed by atoms with van der Waals surface area (Å²) >= 11 is 0. The predicted octanol–water partition coefficient (Wildman–Crippen LogP) is 2.79. The van der Waals surface area contributed by atoms with E-state index in [4.69, 9.17) is 0 Å². The Kier molecular flexibility index (Phi) is 3.47. The van der Waals surface area contributed by atoms with Crippen LogP contribution in [0, 0.1) is 0 Å². The zero-order chi connectivity index (χ0) is 8.10. The third-order valence-corrected chi connectivity index (χ3v) is 2.35. The molecule has 0 aromatic heterocycles. The van der Waals surface area contributed by atoms with Crippen molar-refractivity contribution in [3.8, 4) is 0 Å². The Morgan fingerprint density at radius 3 is 2.45 bits per heavy atom. The van der Waals surface area contributed by atoms with E-state index in [0.717, 1.165) is 0 Å². The van der Waals surface area contributed by atoms with Gasteiger partial charge in [0.2, 0.25) is 0 Å². The Balaban J connectivity index is 2.38. The third kappa shape index (κ3) is 2.57. The molecule has 0 radical (unpaired) electrons. The minimum Gasteiger partial charge on any atom is -0.375 e. The van der Waals surface area contributed by atoms with Gasteiger partial charge in [0.25, 0.3) is 0 Å². The van der Waals surface area contributed by atoms with Crippen LogP contribution in [0.3, 0.4) is 0 Å². The van der Waals surface area contributed by atoms with Crippen molar-refractivity contribution in [2.75, 3.05) is 13.1 Å². The van der Waals surface area contributed by atoms with Crippen molar-refractivity contribution in [3.63, 3.8) is 0 Å². The first kappa shape index (κ1) is 8.63. The summed E-state index contributed by atoms with van der Waals surface area (Å²) in [7, 11) is 0. The largest absolute Gasteiger partial charge is 0.375 e. The molecule has 0 amide bonds. The van der Waals surface area contributed by atoms with Crippen LogP contribution in [0.1, 0.15) is 39.5 Å². The van der Waals surface area contributed by atoms with Crippen LogP contribution >= 0.6 is 0 Å². The summed E-state index contributed by atoms with van der Waals surface area (Å²) in [6, 6.07) is 0. The Hall–Kier alpha value is -0.460. The number of likely N-dealkylation sites (tertiary alicyclic amines) is 1. The number of allylic oxidation sites excluding steroid dienone is 2. The molecule has 0 aromatic rings. The highest BCUT2D eigenvalue weighted by Gasteiger charge is 2.08. The Labute approximate surface area is 70.1 Å². The number of hydrogen-bond donors (Lipinski definition) is 0. The maximum atomic E-state index is 2.51. The van der Waals surface area contributed by atoms with Gasteiger partial charge in [0.1, 0.15) is 0 Å². The highest BCUT2D eigenvalue weighted by atomic mass is 15.1. The molecule has 1 fully saturated rings.